The van der Waals surface area contributed by atoms with E-state index in [0.29, 0.717) is 23.1 Å². The Bertz CT molecular complexity index is 1350. The molecule has 3 aliphatic rings. The number of nitrogens with one attached hydrogen (secondary N) is 1. The number of amides is 1. The molecule has 2 saturated heterocycles. The van der Waals surface area contributed by atoms with Crippen molar-refractivity contribution in [3.05, 3.63) is 62.6 Å². The minimum Gasteiger partial charge on any atom is -0.381 e. The van der Waals surface area contributed by atoms with Crippen LogP contribution >= 0.6 is 0 Å². The van der Waals surface area contributed by atoms with E-state index >= 15 is 0 Å². The third kappa shape index (κ3) is 6.88. The van der Waals surface area contributed by atoms with Crippen LogP contribution < -0.4 is 15.6 Å². The Morgan fingerprint density at radius 2 is 1.80 bits per heavy atom. The van der Waals surface area contributed by atoms with Gasteiger partial charge in [0.05, 0.1) is 0 Å². The van der Waals surface area contributed by atoms with Gasteiger partial charge in [-0.3, -0.25) is 9.59 Å². The minimum absolute atomic E-state index is 0.0574. The summed E-state index contributed by atoms with van der Waals surface area (Å²) in [5.74, 6) is 7.26. The Morgan fingerprint density at radius 3 is 2.46 bits per heavy atom. The summed E-state index contributed by atoms with van der Waals surface area (Å²) in [7, 11) is 1.91. The van der Waals surface area contributed by atoms with E-state index in [4.69, 9.17) is 4.74 Å². The van der Waals surface area contributed by atoms with Crippen LogP contribution in [-0.2, 0) is 18.3 Å². The second kappa shape index (κ2) is 13.3. The highest BCUT2D eigenvalue weighted by Gasteiger charge is 2.28. The highest BCUT2D eigenvalue weighted by atomic mass is 16.5. The predicted molar refractivity (Wildman–Crippen MR) is 164 cm³/mol. The van der Waals surface area contributed by atoms with Crippen LogP contribution in [0.4, 0.5) is 5.69 Å². The van der Waals surface area contributed by atoms with Crippen LogP contribution in [-0.4, -0.2) is 60.3 Å². The smallest absolute Gasteiger partial charge is 0.251 e. The second-order valence-electron chi connectivity index (χ2n) is 12.1. The molecular formula is C34H46N4O3. The predicted octanol–water partition coefficient (Wildman–Crippen LogP) is 4.55. The number of carbonyl (C=O) groups excluding carboxylic acids is 1. The van der Waals surface area contributed by atoms with E-state index in [2.05, 4.69) is 39.9 Å². The first-order valence-corrected chi connectivity index (χ1v) is 15.5. The number of hydrogen-bond acceptors (Lipinski definition) is 5. The zero-order valence-electron chi connectivity index (χ0n) is 25.3. The van der Waals surface area contributed by atoms with Gasteiger partial charge in [-0.2, -0.15) is 0 Å². The highest BCUT2D eigenvalue weighted by Crippen LogP contribution is 2.31. The molecule has 2 aromatic rings. The normalized spacial score (nSPS) is 18.8. The molecule has 1 amide bonds. The molecule has 0 unspecified atom stereocenters. The Labute approximate surface area is 245 Å². The van der Waals surface area contributed by atoms with Crippen molar-refractivity contribution in [2.75, 3.05) is 37.7 Å². The summed E-state index contributed by atoms with van der Waals surface area (Å²) in [6.45, 7) is 11.0. The molecule has 0 radical (unpaired) electrons. The molecule has 7 nitrogen and oxygen atoms in total. The summed E-state index contributed by atoms with van der Waals surface area (Å²) < 4.78 is 7.55. The van der Waals surface area contributed by atoms with Gasteiger partial charge in [0, 0.05) is 91.7 Å². The van der Waals surface area contributed by atoms with Crippen LogP contribution in [0.1, 0.15) is 84.6 Å². The minimum atomic E-state index is -0.174. The Kier molecular flexibility index (Phi) is 9.52. The molecule has 7 heteroatoms. The van der Waals surface area contributed by atoms with E-state index in [1.54, 1.807) is 12.3 Å². The number of ether oxygens (including phenoxy) is 1. The first-order valence-electron chi connectivity index (χ1n) is 15.5. The average molecular weight is 559 g/mol. The highest BCUT2D eigenvalue weighted by molar-refractivity contribution is 5.97. The van der Waals surface area contributed by atoms with Crippen molar-refractivity contribution < 1.29 is 9.53 Å². The quantitative estimate of drug-likeness (QED) is 0.505. The van der Waals surface area contributed by atoms with E-state index in [9.17, 15) is 9.59 Å². The molecule has 1 saturated carbocycles. The number of pyridine rings is 1. The van der Waals surface area contributed by atoms with Crippen LogP contribution in [0.25, 0.3) is 0 Å². The van der Waals surface area contributed by atoms with Crippen molar-refractivity contribution >= 4 is 11.6 Å². The van der Waals surface area contributed by atoms with Crippen molar-refractivity contribution in [3.8, 4) is 11.8 Å². The lowest BCUT2D eigenvalue weighted by molar-refractivity contribution is 0.0845. The van der Waals surface area contributed by atoms with Crippen molar-refractivity contribution in [2.45, 2.75) is 84.3 Å². The summed E-state index contributed by atoms with van der Waals surface area (Å²) in [5, 5.41) is 3.02. The maximum absolute atomic E-state index is 13.6. The van der Waals surface area contributed by atoms with Gasteiger partial charge in [0.2, 0.25) is 0 Å². The SMILES string of the molecule is CCN(c1cc(C#CC2CCN(C3CCC3)CC2)cc(C(=O)NCc2cn(C)c(C)cc2=O)c1C)C1CCOCC1. The lowest BCUT2D eigenvalue weighted by atomic mass is 9.88. The van der Waals surface area contributed by atoms with Crippen molar-refractivity contribution in [3.63, 3.8) is 0 Å². The number of anilines is 1. The molecule has 1 N–H and O–H groups in total. The molecule has 0 atom stereocenters. The zero-order chi connectivity index (χ0) is 28.9. The first kappa shape index (κ1) is 29.4. The molecule has 2 aliphatic heterocycles. The molecule has 220 valence electrons. The number of aryl methyl sites for hydroxylation is 2. The molecule has 0 spiro atoms. The summed E-state index contributed by atoms with van der Waals surface area (Å²) in [6, 6.07) is 6.91. The summed E-state index contributed by atoms with van der Waals surface area (Å²) in [4.78, 5) is 31.2. The largest absolute Gasteiger partial charge is 0.381 e. The molecule has 3 heterocycles. The van der Waals surface area contributed by atoms with E-state index < -0.39 is 0 Å². The van der Waals surface area contributed by atoms with Crippen LogP contribution in [0, 0.1) is 31.6 Å². The van der Waals surface area contributed by atoms with Crippen molar-refractivity contribution in [2.24, 2.45) is 13.0 Å². The number of piperidine rings is 1. The molecule has 1 aromatic carbocycles. The standard InChI is InChI=1S/C34H46N4O3/c1-5-38(30-13-17-41-18-14-30)32-21-27(10-9-26-11-15-37(16-12-26)29-7-6-8-29)20-31(25(32)3)34(40)35-22-28-23-36(4)24(2)19-33(28)39/h19-21,23,26,29-30H,5-8,11-18,22H2,1-4H3,(H,35,40). The fraction of sp³-hybridized carbons (Fsp3) is 0.588. The third-order valence-electron chi connectivity index (χ3n) is 9.45. The van der Waals surface area contributed by atoms with Gasteiger partial charge in [-0.15, -0.1) is 0 Å². The number of likely N-dealkylation sites (tertiary alicyclic amines) is 1. The second-order valence-corrected chi connectivity index (χ2v) is 12.1. The van der Waals surface area contributed by atoms with E-state index in [1.807, 2.05) is 31.5 Å². The maximum Gasteiger partial charge on any atom is 0.251 e. The van der Waals surface area contributed by atoms with E-state index in [-0.39, 0.29) is 17.9 Å². The molecule has 0 bridgehead atoms. The van der Waals surface area contributed by atoms with Crippen molar-refractivity contribution in [1.29, 1.82) is 0 Å². The van der Waals surface area contributed by atoms with Gasteiger partial charge >= 0.3 is 0 Å². The first-order chi connectivity index (χ1) is 19.8. The van der Waals surface area contributed by atoms with Crippen molar-refractivity contribution in [1.82, 2.24) is 14.8 Å². The van der Waals surface area contributed by atoms with E-state index in [0.717, 1.165) is 87.1 Å². The Morgan fingerprint density at radius 1 is 1.07 bits per heavy atom. The molecule has 41 heavy (non-hydrogen) atoms. The maximum atomic E-state index is 13.6. The third-order valence-corrected chi connectivity index (χ3v) is 9.45. The van der Waals surface area contributed by atoms with Crippen LogP contribution in [0.3, 0.4) is 0 Å². The summed E-state index contributed by atoms with van der Waals surface area (Å²) in [5.41, 5.74) is 4.94. The van der Waals surface area contributed by atoms with Crippen LogP contribution in [0.15, 0.2) is 29.2 Å². The molecule has 5 rings (SSSR count). The van der Waals surface area contributed by atoms with Gasteiger partial charge in [-0.05, 0) is 90.1 Å². The lowest BCUT2D eigenvalue weighted by Crippen LogP contribution is -2.44. The van der Waals surface area contributed by atoms with Gasteiger partial charge in [-0.25, -0.2) is 0 Å². The molecular weight excluding hydrogens is 512 g/mol. The topological polar surface area (TPSA) is 66.8 Å². The molecule has 3 fully saturated rings. The Balaban J connectivity index is 1.40. The van der Waals surface area contributed by atoms with Gasteiger partial charge in [0.25, 0.3) is 5.91 Å². The number of rotatable bonds is 7. The van der Waals surface area contributed by atoms with Gasteiger partial charge < -0.3 is 24.4 Å². The number of aromatic nitrogens is 1. The Hall–Kier alpha value is -3.08. The number of nitrogens with zero attached hydrogens (tertiary/aromatic N) is 3. The average Bonchev–Trinajstić information content (AvgIpc) is 2.95. The lowest BCUT2D eigenvalue weighted by Gasteiger charge is -2.41. The van der Waals surface area contributed by atoms with E-state index in [1.165, 1.54) is 19.3 Å². The monoisotopic (exact) mass is 558 g/mol. The summed E-state index contributed by atoms with van der Waals surface area (Å²) >= 11 is 0. The summed E-state index contributed by atoms with van der Waals surface area (Å²) in [6.07, 6.45) is 10.1. The zero-order valence-corrected chi connectivity index (χ0v) is 25.3. The fourth-order valence-corrected chi connectivity index (χ4v) is 6.46. The molecule has 1 aliphatic carbocycles. The van der Waals surface area contributed by atoms with Gasteiger partial charge in [0.1, 0.15) is 0 Å². The number of benzene rings is 1. The fourth-order valence-electron chi connectivity index (χ4n) is 6.46. The molecule has 1 aromatic heterocycles. The number of carbonyl (C=O) groups is 1. The van der Waals surface area contributed by atoms with Gasteiger partial charge in [0.15, 0.2) is 5.43 Å². The van der Waals surface area contributed by atoms with Crippen LogP contribution in [0.5, 0.6) is 0 Å². The van der Waals surface area contributed by atoms with Gasteiger partial charge in [-0.1, -0.05) is 18.3 Å². The van der Waals surface area contributed by atoms with Crippen LogP contribution in [0.2, 0.25) is 0 Å². The number of hydrogen-bond donors (Lipinski definition) is 1.